The predicted octanol–water partition coefficient (Wildman–Crippen LogP) is 0.342. The van der Waals surface area contributed by atoms with Crippen LogP contribution in [0.4, 0.5) is 0 Å². The van der Waals surface area contributed by atoms with Crippen LogP contribution in [0.5, 0.6) is 5.75 Å². The number of nitrogens with one attached hydrogen (secondary N) is 3. The minimum Gasteiger partial charge on any atom is -0.497 e. The number of carbonyl (C=O) groups is 2. The van der Waals surface area contributed by atoms with Gasteiger partial charge in [-0.05, 0) is 18.2 Å². The van der Waals surface area contributed by atoms with E-state index in [0.717, 1.165) is 6.54 Å². The predicted molar refractivity (Wildman–Crippen MR) is 92.8 cm³/mol. The van der Waals surface area contributed by atoms with Gasteiger partial charge in [0.15, 0.2) is 0 Å². The third-order valence-electron chi connectivity index (χ3n) is 3.49. The summed E-state index contributed by atoms with van der Waals surface area (Å²) in [5, 5.41) is 8.77. The van der Waals surface area contributed by atoms with Gasteiger partial charge in [-0.3, -0.25) is 9.59 Å². The topological polar surface area (TPSA) is 88.7 Å². The normalized spacial score (nSPS) is 16.6. The molecule has 1 heterocycles. The van der Waals surface area contributed by atoms with Gasteiger partial charge in [-0.2, -0.15) is 0 Å². The second-order valence-corrected chi connectivity index (χ2v) is 5.27. The Hall–Kier alpha value is -1.83. The fraction of sp³-hybridized carbons (Fsp3) is 0.500. The summed E-state index contributed by atoms with van der Waals surface area (Å²) in [6, 6.07) is 6.98. The quantitative estimate of drug-likeness (QED) is 0.612. The van der Waals surface area contributed by atoms with E-state index in [1.54, 1.807) is 31.4 Å². The van der Waals surface area contributed by atoms with Crippen LogP contribution in [0.25, 0.3) is 0 Å². The van der Waals surface area contributed by atoms with Gasteiger partial charge in [0, 0.05) is 37.7 Å². The number of benzene rings is 1. The molecule has 3 N–H and O–H groups in total. The molecule has 0 saturated carbocycles. The Morgan fingerprint density at radius 1 is 1.33 bits per heavy atom. The standard InChI is InChI=1S/C16H23N3O4.ClH/c1-22-14-4-2-3-12(9-14)16(21)19-6-5-18-15(20)10-13-11-23-8-7-17-13;/h2-4,9,13,17H,5-8,10-11H2,1H3,(H,18,20)(H,19,21);1H. The van der Waals surface area contributed by atoms with E-state index in [9.17, 15) is 9.59 Å². The van der Waals surface area contributed by atoms with Crippen LogP contribution in [-0.2, 0) is 9.53 Å². The zero-order valence-corrected chi connectivity index (χ0v) is 14.5. The van der Waals surface area contributed by atoms with Gasteiger partial charge in [0.05, 0.1) is 20.3 Å². The van der Waals surface area contributed by atoms with E-state index in [1.165, 1.54) is 0 Å². The number of ether oxygens (including phenoxy) is 2. The minimum atomic E-state index is -0.194. The largest absolute Gasteiger partial charge is 0.497 e. The molecule has 1 fully saturated rings. The zero-order valence-electron chi connectivity index (χ0n) is 13.7. The molecular weight excluding hydrogens is 334 g/mol. The highest BCUT2D eigenvalue weighted by atomic mass is 35.5. The molecule has 24 heavy (non-hydrogen) atoms. The maximum absolute atomic E-state index is 12.0. The summed E-state index contributed by atoms with van der Waals surface area (Å²) in [4.78, 5) is 23.7. The van der Waals surface area contributed by atoms with Crippen LogP contribution in [0.2, 0.25) is 0 Å². The Labute approximate surface area is 147 Å². The van der Waals surface area contributed by atoms with E-state index in [1.807, 2.05) is 0 Å². The molecule has 1 unspecified atom stereocenters. The molecule has 0 spiro atoms. The van der Waals surface area contributed by atoms with Crippen molar-refractivity contribution >= 4 is 24.2 Å². The number of hydrogen-bond donors (Lipinski definition) is 3. The van der Waals surface area contributed by atoms with Gasteiger partial charge in [0.25, 0.3) is 5.91 Å². The number of morpholine rings is 1. The van der Waals surface area contributed by atoms with E-state index < -0.39 is 0 Å². The van der Waals surface area contributed by atoms with Crippen LogP contribution < -0.4 is 20.7 Å². The van der Waals surface area contributed by atoms with E-state index in [4.69, 9.17) is 9.47 Å². The van der Waals surface area contributed by atoms with Crippen molar-refractivity contribution in [1.29, 1.82) is 0 Å². The first kappa shape index (κ1) is 20.2. The molecule has 0 aliphatic carbocycles. The van der Waals surface area contributed by atoms with Crippen LogP contribution in [0.1, 0.15) is 16.8 Å². The Morgan fingerprint density at radius 2 is 2.12 bits per heavy atom. The lowest BCUT2D eigenvalue weighted by atomic mass is 10.2. The summed E-state index contributed by atoms with van der Waals surface area (Å²) in [6.45, 7) is 2.78. The van der Waals surface area contributed by atoms with Crippen molar-refractivity contribution in [1.82, 2.24) is 16.0 Å². The van der Waals surface area contributed by atoms with Crippen molar-refractivity contribution in [2.45, 2.75) is 12.5 Å². The van der Waals surface area contributed by atoms with Crippen molar-refractivity contribution in [3.63, 3.8) is 0 Å². The number of rotatable bonds is 7. The van der Waals surface area contributed by atoms with Gasteiger partial charge in [-0.1, -0.05) is 6.07 Å². The molecule has 8 heteroatoms. The summed E-state index contributed by atoms with van der Waals surface area (Å²) in [6.07, 6.45) is 0.379. The number of carbonyl (C=O) groups excluding carboxylic acids is 2. The number of halogens is 1. The van der Waals surface area contributed by atoms with Crippen molar-refractivity contribution < 1.29 is 19.1 Å². The molecule has 1 aromatic rings. The number of amides is 2. The molecule has 0 aromatic heterocycles. The molecule has 134 valence electrons. The fourth-order valence-corrected chi connectivity index (χ4v) is 2.29. The Bertz CT molecular complexity index is 536. The molecule has 1 aromatic carbocycles. The van der Waals surface area contributed by atoms with Crippen molar-refractivity contribution in [3.05, 3.63) is 29.8 Å². The third kappa shape index (κ3) is 6.74. The average molecular weight is 358 g/mol. The first-order valence-electron chi connectivity index (χ1n) is 7.69. The van der Waals surface area contributed by atoms with Crippen LogP contribution in [0, 0.1) is 0 Å². The Kier molecular flexibility index (Phi) is 9.14. The second kappa shape index (κ2) is 10.9. The van der Waals surface area contributed by atoms with Crippen molar-refractivity contribution in [2.75, 3.05) is 40.0 Å². The van der Waals surface area contributed by atoms with Gasteiger partial charge in [-0.15, -0.1) is 12.4 Å². The summed E-state index contributed by atoms with van der Waals surface area (Å²) in [5.74, 6) is 0.386. The summed E-state index contributed by atoms with van der Waals surface area (Å²) >= 11 is 0. The first-order valence-corrected chi connectivity index (χ1v) is 7.69. The highest BCUT2D eigenvalue weighted by molar-refractivity contribution is 5.94. The lowest BCUT2D eigenvalue weighted by Gasteiger charge is -2.23. The van der Waals surface area contributed by atoms with Gasteiger partial charge in [0.1, 0.15) is 5.75 Å². The van der Waals surface area contributed by atoms with Gasteiger partial charge < -0.3 is 25.4 Å². The van der Waals surface area contributed by atoms with Crippen LogP contribution in [0.15, 0.2) is 24.3 Å². The monoisotopic (exact) mass is 357 g/mol. The van der Waals surface area contributed by atoms with Crippen molar-refractivity contribution in [2.24, 2.45) is 0 Å². The van der Waals surface area contributed by atoms with Crippen LogP contribution in [-0.4, -0.2) is 57.8 Å². The Morgan fingerprint density at radius 3 is 2.83 bits per heavy atom. The van der Waals surface area contributed by atoms with Crippen LogP contribution in [0.3, 0.4) is 0 Å². The number of methoxy groups -OCH3 is 1. The van der Waals surface area contributed by atoms with Gasteiger partial charge in [0.2, 0.25) is 5.91 Å². The molecule has 2 amide bonds. The van der Waals surface area contributed by atoms with Crippen LogP contribution >= 0.6 is 12.4 Å². The third-order valence-corrected chi connectivity index (χ3v) is 3.49. The summed E-state index contributed by atoms with van der Waals surface area (Å²) < 4.78 is 10.4. The molecule has 7 nitrogen and oxygen atoms in total. The lowest BCUT2D eigenvalue weighted by molar-refractivity contribution is -0.122. The molecule has 1 saturated heterocycles. The summed E-state index contributed by atoms with van der Waals surface area (Å²) in [7, 11) is 1.55. The fourth-order valence-electron chi connectivity index (χ4n) is 2.29. The number of hydrogen-bond acceptors (Lipinski definition) is 5. The molecule has 2 rings (SSSR count). The maximum Gasteiger partial charge on any atom is 0.251 e. The molecule has 0 radical (unpaired) electrons. The molecule has 0 bridgehead atoms. The molecule has 1 atom stereocenters. The van der Waals surface area contributed by atoms with E-state index >= 15 is 0 Å². The SMILES string of the molecule is COc1cccc(C(=O)NCCNC(=O)CC2COCCN2)c1.Cl. The maximum atomic E-state index is 12.0. The first-order chi connectivity index (χ1) is 11.2. The van der Waals surface area contributed by atoms with Crippen molar-refractivity contribution in [3.8, 4) is 5.75 Å². The Balaban J connectivity index is 0.00000288. The lowest BCUT2D eigenvalue weighted by Crippen LogP contribution is -2.45. The highest BCUT2D eigenvalue weighted by Crippen LogP contribution is 2.12. The van der Waals surface area contributed by atoms with Gasteiger partial charge >= 0.3 is 0 Å². The smallest absolute Gasteiger partial charge is 0.251 e. The summed E-state index contributed by atoms with van der Waals surface area (Å²) in [5.41, 5.74) is 0.527. The van der Waals surface area contributed by atoms with Gasteiger partial charge in [-0.25, -0.2) is 0 Å². The van der Waals surface area contributed by atoms with E-state index in [0.29, 0.717) is 44.0 Å². The molecule has 1 aliphatic rings. The highest BCUT2D eigenvalue weighted by Gasteiger charge is 2.16. The van der Waals surface area contributed by atoms with E-state index in [2.05, 4.69) is 16.0 Å². The minimum absolute atomic E-state index is 0. The average Bonchev–Trinajstić information content (AvgIpc) is 2.59. The molecular formula is C16H24ClN3O4. The zero-order chi connectivity index (χ0) is 16.5. The van der Waals surface area contributed by atoms with E-state index in [-0.39, 0.29) is 30.3 Å². The second-order valence-electron chi connectivity index (χ2n) is 5.27. The molecule has 1 aliphatic heterocycles.